The zero-order valence-electron chi connectivity index (χ0n) is 22.0. The number of aromatic hydroxyl groups is 1. The van der Waals surface area contributed by atoms with Gasteiger partial charge in [0.2, 0.25) is 0 Å². The molecule has 0 saturated heterocycles. The number of aliphatic hydroxyl groups is 3. The molecule has 6 atom stereocenters. The molecule has 1 aromatic carbocycles. The summed E-state index contributed by atoms with van der Waals surface area (Å²) in [4.78, 5) is 30.9. The summed E-state index contributed by atoms with van der Waals surface area (Å²) < 4.78 is 12.1. The molecule has 1 amide bonds. The lowest BCUT2D eigenvalue weighted by molar-refractivity contribution is -0.139. The first-order valence-electron chi connectivity index (χ1n) is 12.9. The number of hydrogen-bond acceptors (Lipinski definition) is 8. The van der Waals surface area contributed by atoms with Crippen LogP contribution in [0.3, 0.4) is 0 Å². The van der Waals surface area contributed by atoms with Gasteiger partial charge in [-0.3, -0.25) is 18.8 Å². The van der Waals surface area contributed by atoms with Crippen molar-refractivity contribution in [3.63, 3.8) is 0 Å². The summed E-state index contributed by atoms with van der Waals surface area (Å²) >= 11 is 0. The normalized spacial score (nSPS) is 29.0. The monoisotopic (exact) mass is 552 g/mol. The van der Waals surface area contributed by atoms with Gasteiger partial charge in [-0.2, -0.15) is 0 Å². The van der Waals surface area contributed by atoms with Gasteiger partial charge in [0.25, 0.3) is 5.91 Å². The van der Waals surface area contributed by atoms with E-state index in [9.17, 15) is 34.2 Å². The molecule has 1 saturated carbocycles. The van der Waals surface area contributed by atoms with Crippen molar-refractivity contribution in [1.29, 1.82) is 0 Å². The molecule has 1 heterocycles. The van der Waals surface area contributed by atoms with E-state index < -0.39 is 57.5 Å². The molecule has 2 aromatic rings. The molecule has 6 unspecified atom stereocenters. The zero-order valence-corrected chi connectivity index (χ0v) is 22.8. The number of phenolic OH excluding ortho intramolecular Hbond substituents is 1. The molecule has 5 rings (SSSR count). The van der Waals surface area contributed by atoms with E-state index in [0.29, 0.717) is 41.6 Å². The third-order valence-corrected chi connectivity index (χ3v) is 9.31. The van der Waals surface area contributed by atoms with Crippen LogP contribution in [0, 0.1) is 23.7 Å². The van der Waals surface area contributed by atoms with Gasteiger partial charge in [-0.05, 0) is 61.8 Å². The minimum Gasteiger partial charge on any atom is -0.511 e. The summed E-state index contributed by atoms with van der Waals surface area (Å²) in [6, 6.07) is 7.13. The number of aliphatic hydroxyl groups excluding tert-OH is 2. The highest BCUT2D eigenvalue weighted by molar-refractivity contribution is 7.83. The molecule has 1 fully saturated rings. The van der Waals surface area contributed by atoms with E-state index in [1.807, 2.05) is 13.0 Å². The van der Waals surface area contributed by atoms with E-state index in [0.717, 1.165) is 0 Å². The lowest BCUT2D eigenvalue weighted by Crippen LogP contribution is -2.57. The molecule has 39 heavy (non-hydrogen) atoms. The second kappa shape index (κ2) is 9.60. The first kappa shape index (κ1) is 27.1. The van der Waals surface area contributed by atoms with E-state index in [-0.39, 0.29) is 34.0 Å². The Morgan fingerprint density at radius 1 is 1.26 bits per heavy atom. The molecule has 3 aliphatic rings. The van der Waals surface area contributed by atoms with Crippen LogP contribution in [0.25, 0.3) is 17.0 Å². The van der Waals surface area contributed by atoms with E-state index in [4.69, 9.17) is 5.73 Å². The number of amides is 1. The number of aromatic nitrogens is 1. The van der Waals surface area contributed by atoms with Gasteiger partial charge < -0.3 is 26.2 Å². The van der Waals surface area contributed by atoms with E-state index in [2.05, 4.69) is 4.98 Å². The second-order valence-electron chi connectivity index (χ2n) is 10.9. The van der Waals surface area contributed by atoms with Crippen LogP contribution in [0.1, 0.15) is 43.4 Å². The summed E-state index contributed by atoms with van der Waals surface area (Å²) in [6.45, 7) is 3.13. The number of allylic oxidation sites excluding steroid dienone is 2. The van der Waals surface area contributed by atoms with Crippen LogP contribution in [-0.4, -0.2) is 53.2 Å². The highest BCUT2D eigenvalue weighted by atomic mass is 32.2. The van der Waals surface area contributed by atoms with Gasteiger partial charge in [0.15, 0.2) is 5.78 Å². The van der Waals surface area contributed by atoms with Gasteiger partial charge in [-0.25, -0.2) is 0 Å². The summed E-state index contributed by atoms with van der Waals surface area (Å²) in [5.74, 6) is -5.13. The predicted octanol–water partition coefficient (Wildman–Crippen LogP) is 3.07. The minimum atomic E-state index is -2.05. The Morgan fingerprint density at radius 3 is 2.56 bits per heavy atom. The molecule has 3 aliphatic carbocycles. The van der Waals surface area contributed by atoms with Crippen molar-refractivity contribution in [2.75, 3.05) is 6.26 Å². The van der Waals surface area contributed by atoms with Crippen LogP contribution in [0.4, 0.5) is 0 Å². The Bertz CT molecular complexity index is 1480. The molecule has 206 valence electrons. The number of hydrogen-bond donors (Lipinski definition) is 5. The smallest absolute Gasteiger partial charge is 0.250 e. The van der Waals surface area contributed by atoms with E-state index in [1.165, 1.54) is 13.2 Å². The predicted molar refractivity (Wildman–Crippen MR) is 146 cm³/mol. The fourth-order valence-electron chi connectivity index (χ4n) is 7.08. The van der Waals surface area contributed by atoms with Gasteiger partial charge in [0.05, 0.1) is 28.5 Å². The van der Waals surface area contributed by atoms with Crippen molar-refractivity contribution in [2.45, 2.75) is 44.5 Å². The van der Waals surface area contributed by atoms with Crippen LogP contribution >= 0.6 is 0 Å². The number of Topliss-reactive ketones (excluding diaryl/α,β-unsaturated/α-hetero) is 1. The number of phenols is 1. The molecule has 9 nitrogen and oxygen atoms in total. The van der Waals surface area contributed by atoms with Gasteiger partial charge >= 0.3 is 0 Å². The number of rotatable bonds is 5. The quantitative estimate of drug-likeness (QED) is 0.377. The maximum absolute atomic E-state index is 14.1. The van der Waals surface area contributed by atoms with Crippen LogP contribution in [0.5, 0.6) is 5.75 Å². The topological polar surface area (TPSA) is 171 Å². The average Bonchev–Trinajstić information content (AvgIpc) is 2.85. The van der Waals surface area contributed by atoms with E-state index in [1.54, 1.807) is 24.4 Å². The van der Waals surface area contributed by atoms with Crippen molar-refractivity contribution in [3.8, 4) is 17.0 Å². The third kappa shape index (κ3) is 4.08. The molecule has 1 aromatic heterocycles. The van der Waals surface area contributed by atoms with Crippen LogP contribution in [0.2, 0.25) is 0 Å². The molecule has 10 heteroatoms. The standard InChI is InChI=1S/C29H32N2O7S/c1-4-15-18-10-13-9-17-16(19-7-5-6-8-31-19)11-14(12-39(3)38)24(32)21(17)26(34)20(13)27(35)22(18)29(2,37)23(25(15)33)28(30)36/h5-8,11,13,15,18,22,32-34,37H,4,9-10,12H2,1-3H3,(H2,30,36). The van der Waals surface area contributed by atoms with Gasteiger partial charge in [-0.1, -0.05) is 13.0 Å². The molecule has 0 aliphatic heterocycles. The van der Waals surface area contributed by atoms with Crippen LogP contribution in [-0.2, 0) is 32.6 Å². The Kier molecular flexibility index (Phi) is 6.67. The Balaban J connectivity index is 1.74. The Hall–Kier alpha value is -3.50. The molecule has 6 N–H and O–H groups in total. The summed E-state index contributed by atoms with van der Waals surface area (Å²) in [5, 5.41) is 45.3. The number of carbonyl (C=O) groups excluding carboxylic acids is 2. The van der Waals surface area contributed by atoms with Crippen molar-refractivity contribution in [2.24, 2.45) is 29.4 Å². The highest BCUT2D eigenvalue weighted by Crippen LogP contribution is 2.56. The summed E-state index contributed by atoms with van der Waals surface area (Å²) in [5.41, 5.74) is 5.48. The molecular formula is C29H32N2O7S. The van der Waals surface area contributed by atoms with Crippen molar-refractivity contribution in [3.05, 3.63) is 64.1 Å². The SMILES string of the molecule is CCC1C(O)=C(C(N)=O)C(C)(O)C2C(=O)C3=C(O)c4c(O)c(CS(C)=O)cc(-c5ccccn5)c4CC3CC12. The highest BCUT2D eigenvalue weighted by Gasteiger charge is 2.59. The summed E-state index contributed by atoms with van der Waals surface area (Å²) in [6.07, 6.45) is 4.20. The van der Waals surface area contributed by atoms with Crippen LogP contribution in [0.15, 0.2) is 47.4 Å². The van der Waals surface area contributed by atoms with Crippen LogP contribution < -0.4 is 5.73 Å². The van der Waals surface area contributed by atoms with Gasteiger partial charge in [-0.15, -0.1) is 0 Å². The molecular weight excluding hydrogens is 520 g/mol. The number of primary amides is 1. The number of pyridine rings is 1. The lowest BCUT2D eigenvalue weighted by atomic mass is 9.53. The number of nitrogens with two attached hydrogens (primary N) is 1. The lowest BCUT2D eigenvalue weighted by Gasteiger charge is -2.51. The number of fused-ring (bicyclic) bond motifs is 3. The molecule has 0 spiro atoms. The van der Waals surface area contributed by atoms with E-state index >= 15 is 0 Å². The van der Waals surface area contributed by atoms with Gasteiger partial charge in [0.1, 0.15) is 22.9 Å². The number of ketones is 1. The first-order valence-corrected chi connectivity index (χ1v) is 14.6. The fraction of sp³-hybridized carbons (Fsp3) is 0.414. The Labute approximate surface area is 228 Å². The third-order valence-electron chi connectivity index (χ3n) is 8.59. The average molecular weight is 553 g/mol. The first-order chi connectivity index (χ1) is 18.4. The zero-order chi connectivity index (χ0) is 28.4. The van der Waals surface area contributed by atoms with Crippen molar-refractivity contribution < 1.29 is 34.2 Å². The Morgan fingerprint density at radius 2 is 1.97 bits per heavy atom. The number of nitrogens with zero attached hydrogens (tertiary/aromatic N) is 1. The maximum atomic E-state index is 14.1. The largest absolute Gasteiger partial charge is 0.511 e. The summed E-state index contributed by atoms with van der Waals surface area (Å²) in [7, 11) is -1.30. The number of benzene rings is 1. The number of carbonyl (C=O) groups is 2. The van der Waals surface area contributed by atoms with Gasteiger partial charge in [0, 0.05) is 45.9 Å². The molecule has 0 radical (unpaired) electrons. The van der Waals surface area contributed by atoms with Crippen molar-refractivity contribution in [1.82, 2.24) is 4.98 Å². The minimum absolute atomic E-state index is 0.0303. The van der Waals surface area contributed by atoms with Crippen molar-refractivity contribution >= 4 is 28.2 Å². The molecule has 0 bridgehead atoms. The second-order valence-corrected chi connectivity index (χ2v) is 12.3. The fourth-order valence-corrected chi connectivity index (χ4v) is 7.74. The maximum Gasteiger partial charge on any atom is 0.250 e.